The summed E-state index contributed by atoms with van der Waals surface area (Å²) in [5.41, 5.74) is 0.331. The lowest BCUT2D eigenvalue weighted by atomic mass is 10.0. The number of aliphatic hydroxyl groups is 1. The third-order valence-corrected chi connectivity index (χ3v) is 3.41. The molecule has 6 nitrogen and oxygen atoms in total. The largest absolute Gasteiger partial charge is 0.395 e. The number of anilines is 1. The second kappa shape index (κ2) is 6.60. The Labute approximate surface area is 117 Å². The standard InChI is InChI=1S/C13H19FN4O2/c1-2-9-11(14)12(16-8-15-9)17-10-4-3-5-18(6-7-19)13(10)20/h8,10,19H,2-7H2,1H3,(H,15,16,17)/t10-/m1/s1. The van der Waals surface area contributed by atoms with Gasteiger partial charge in [-0.05, 0) is 19.3 Å². The number of hydrogen-bond acceptors (Lipinski definition) is 5. The molecule has 0 aliphatic carbocycles. The molecule has 0 aromatic carbocycles. The van der Waals surface area contributed by atoms with Crippen LogP contribution in [0.25, 0.3) is 0 Å². The van der Waals surface area contributed by atoms with E-state index in [1.165, 1.54) is 6.33 Å². The topological polar surface area (TPSA) is 78.3 Å². The summed E-state index contributed by atoms with van der Waals surface area (Å²) in [6.07, 6.45) is 3.21. The molecule has 0 saturated carbocycles. The van der Waals surface area contributed by atoms with Crippen LogP contribution in [0.3, 0.4) is 0 Å². The summed E-state index contributed by atoms with van der Waals surface area (Å²) in [5.74, 6) is -0.551. The minimum atomic E-state index is -0.498. The molecule has 1 aromatic rings. The molecule has 1 amide bonds. The van der Waals surface area contributed by atoms with E-state index in [2.05, 4.69) is 15.3 Å². The van der Waals surface area contributed by atoms with Crippen molar-refractivity contribution in [3.63, 3.8) is 0 Å². The number of aryl methyl sites for hydroxylation is 1. The number of amides is 1. The van der Waals surface area contributed by atoms with Gasteiger partial charge < -0.3 is 15.3 Å². The van der Waals surface area contributed by atoms with Crippen LogP contribution in [0.4, 0.5) is 10.2 Å². The van der Waals surface area contributed by atoms with Crippen LogP contribution in [0.1, 0.15) is 25.5 Å². The van der Waals surface area contributed by atoms with E-state index in [1.807, 2.05) is 6.92 Å². The molecular weight excluding hydrogens is 263 g/mol. The number of carbonyl (C=O) groups excluding carboxylic acids is 1. The lowest BCUT2D eigenvalue weighted by molar-refractivity contribution is -0.134. The van der Waals surface area contributed by atoms with Crippen LogP contribution in [-0.2, 0) is 11.2 Å². The van der Waals surface area contributed by atoms with Crippen LogP contribution in [0.15, 0.2) is 6.33 Å². The van der Waals surface area contributed by atoms with Gasteiger partial charge in [-0.15, -0.1) is 0 Å². The lowest BCUT2D eigenvalue weighted by Gasteiger charge is -2.32. The number of carbonyl (C=O) groups is 1. The zero-order chi connectivity index (χ0) is 14.5. The third-order valence-electron chi connectivity index (χ3n) is 3.41. The molecule has 0 radical (unpaired) electrons. The summed E-state index contributed by atoms with van der Waals surface area (Å²) in [7, 11) is 0. The van der Waals surface area contributed by atoms with Gasteiger partial charge in [0, 0.05) is 13.1 Å². The van der Waals surface area contributed by atoms with Crippen molar-refractivity contribution in [1.29, 1.82) is 0 Å². The molecule has 110 valence electrons. The predicted octanol–water partition coefficient (Wildman–Crippen LogP) is 0.573. The number of nitrogens with zero attached hydrogens (tertiary/aromatic N) is 3. The Balaban J connectivity index is 2.11. The van der Waals surface area contributed by atoms with Crippen molar-refractivity contribution >= 4 is 11.7 Å². The Morgan fingerprint density at radius 3 is 3.05 bits per heavy atom. The van der Waals surface area contributed by atoms with E-state index >= 15 is 0 Å². The second-order valence-corrected chi connectivity index (χ2v) is 4.72. The van der Waals surface area contributed by atoms with Crippen molar-refractivity contribution in [3.05, 3.63) is 17.8 Å². The van der Waals surface area contributed by atoms with Gasteiger partial charge in [0.1, 0.15) is 12.4 Å². The first-order chi connectivity index (χ1) is 9.67. The number of aliphatic hydroxyl groups excluding tert-OH is 1. The average Bonchev–Trinajstić information content (AvgIpc) is 2.45. The first-order valence-electron chi connectivity index (χ1n) is 6.83. The van der Waals surface area contributed by atoms with E-state index in [1.54, 1.807) is 4.90 Å². The molecule has 1 fully saturated rings. The quantitative estimate of drug-likeness (QED) is 0.825. The predicted molar refractivity (Wildman–Crippen MR) is 71.7 cm³/mol. The molecule has 1 aromatic heterocycles. The molecule has 1 aliphatic heterocycles. The van der Waals surface area contributed by atoms with Crippen LogP contribution in [-0.4, -0.2) is 51.6 Å². The highest BCUT2D eigenvalue weighted by molar-refractivity contribution is 5.85. The van der Waals surface area contributed by atoms with E-state index in [0.717, 1.165) is 6.42 Å². The van der Waals surface area contributed by atoms with Gasteiger partial charge in [0.05, 0.1) is 12.3 Å². The lowest BCUT2D eigenvalue weighted by Crippen LogP contribution is -2.48. The third kappa shape index (κ3) is 3.04. The zero-order valence-electron chi connectivity index (χ0n) is 11.5. The smallest absolute Gasteiger partial charge is 0.245 e. The Morgan fingerprint density at radius 2 is 2.35 bits per heavy atom. The number of aromatic nitrogens is 2. The fourth-order valence-corrected chi connectivity index (χ4v) is 2.34. The molecule has 2 N–H and O–H groups in total. The van der Waals surface area contributed by atoms with Crippen LogP contribution in [0.5, 0.6) is 0 Å². The van der Waals surface area contributed by atoms with Gasteiger partial charge in [-0.3, -0.25) is 4.79 Å². The number of β-amino-alcohol motifs (C(OH)–C–C–N with tert-alkyl or cyclic N) is 1. The minimum Gasteiger partial charge on any atom is -0.395 e. The highest BCUT2D eigenvalue weighted by Crippen LogP contribution is 2.19. The van der Waals surface area contributed by atoms with Crippen molar-refractivity contribution in [3.8, 4) is 0 Å². The molecular formula is C13H19FN4O2. The van der Waals surface area contributed by atoms with Crippen LogP contribution >= 0.6 is 0 Å². The molecule has 1 aliphatic rings. The molecule has 7 heteroatoms. The molecule has 1 atom stereocenters. The Kier molecular flexibility index (Phi) is 4.84. The Bertz CT molecular complexity index is 481. The van der Waals surface area contributed by atoms with E-state index in [0.29, 0.717) is 31.6 Å². The summed E-state index contributed by atoms with van der Waals surface area (Å²) >= 11 is 0. The summed E-state index contributed by atoms with van der Waals surface area (Å²) in [6, 6.07) is -0.496. The van der Waals surface area contributed by atoms with Crippen molar-refractivity contribution in [2.75, 3.05) is 25.0 Å². The van der Waals surface area contributed by atoms with Crippen molar-refractivity contribution in [1.82, 2.24) is 14.9 Å². The van der Waals surface area contributed by atoms with E-state index in [4.69, 9.17) is 5.11 Å². The maximum absolute atomic E-state index is 14.0. The highest BCUT2D eigenvalue weighted by atomic mass is 19.1. The first-order valence-corrected chi connectivity index (χ1v) is 6.83. The fraction of sp³-hybridized carbons (Fsp3) is 0.615. The van der Waals surface area contributed by atoms with Gasteiger partial charge in [-0.1, -0.05) is 6.92 Å². The number of rotatable bonds is 5. The second-order valence-electron chi connectivity index (χ2n) is 4.72. The number of nitrogens with one attached hydrogen (secondary N) is 1. The normalized spacial score (nSPS) is 19.2. The molecule has 1 saturated heterocycles. The number of hydrogen-bond donors (Lipinski definition) is 2. The monoisotopic (exact) mass is 282 g/mol. The molecule has 0 spiro atoms. The van der Waals surface area contributed by atoms with Crippen molar-refractivity contribution < 1.29 is 14.3 Å². The summed E-state index contributed by atoms with van der Waals surface area (Å²) in [5, 5.41) is 11.8. The van der Waals surface area contributed by atoms with Gasteiger partial charge >= 0.3 is 0 Å². The van der Waals surface area contributed by atoms with Crippen LogP contribution in [0.2, 0.25) is 0 Å². The Morgan fingerprint density at radius 1 is 1.55 bits per heavy atom. The first kappa shape index (κ1) is 14.6. The maximum atomic E-state index is 14.0. The van der Waals surface area contributed by atoms with Gasteiger partial charge in [0.15, 0.2) is 11.6 Å². The molecule has 0 bridgehead atoms. The van der Waals surface area contributed by atoms with Crippen LogP contribution < -0.4 is 5.32 Å². The van der Waals surface area contributed by atoms with Crippen molar-refractivity contribution in [2.45, 2.75) is 32.2 Å². The Hall–Kier alpha value is -1.76. The number of likely N-dealkylation sites (tertiary alicyclic amines) is 1. The molecule has 2 rings (SSSR count). The van der Waals surface area contributed by atoms with Gasteiger partial charge in [-0.25, -0.2) is 14.4 Å². The zero-order valence-corrected chi connectivity index (χ0v) is 11.5. The SMILES string of the molecule is CCc1ncnc(N[C@@H]2CCCN(CCO)C2=O)c1F. The van der Waals surface area contributed by atoms with Gasteiger partial charge in [0.2, 0.25) is 5.91 Å². The maximum Gasteiger partial charge on any atom is 0.245 e. The molecule has 0 unspecified atom stereocenters. The minimum absolute atomic E-state index is 0.0691. The van der Waals surface area contributed by atoms with Crippen molar-refractivity contribution in [2.24, 2.45) is 0 Å². The summed E-state index contributed by atoms with van der Waals surface area (Å²) in [4.78, 5) is 21.5. The summed E-state index contributed by atoms with van der Waals surface area (Å²) in [6.45, 7) is 2.68. The fourth-order valence-electron chi connectivity index (χ4n) is 2.34. The van der Waals surface area contributed by atoms with E-state index in [9.17, 15) is 9.18 Å². The highest BCUT2D eigenvalue weighted by Gasteiger charge is 2.29. The number of piperidine rings is 1. The average molecular weight is 282 g/mol. The summed E-state index contributed by atoms with van der Waals surface area (Å²) < 4.78 is 14.0. The van der Waals surface area contributed by atoms with Gasteiger partial charge in [0.25, 0.3) is 0 Å². The molecule has 2 heterocycles. The number of halogens is 1. The molecule has 20 heavy (non-hydrogen) atoms. The van der Waals surface area contributed by atoms with E-state index < -0.39 is 11.9 Å². The van der Waals surface area contributed by atoms with Gasteiger partial charge in [-0.2, -0.15) is 0 Å². The van der Waals surface area contributed by atoms with E-state index in [-0.39, 0.29) is 18.3 Å². The van der Waals surface area contributed by atoms with Crippen LogP contribution in [0, 0.1) is 5.82 Å².